The van der Waals surface area contributed by atoms with Gasteiger partial charge in [-0.1, -0.05) is 36.4 Å². The summed E-state index contributed by atoms with van der Waals surface area (Å²) in [6.07, 6.45) is 0.668. The van der Waals surface area contributed by atoms with Gasteiger partial charge in [-0.3, -0.25) is 10.1 Å². The maximum atomic E-state index is 10.9. The van der Waals surface area contributed by atoms with Crippen LogP contribution < -0.4 is 5.73 Å². The van der Waals surface area contributed by atoms with Gasteiger partial charge < -0.3 is 5.73 Å². The van der Waals surface area contributed by atoms with Crippen molar-refractivity contribution in [2.75, 3.05) is 0 Å². The van der Waals surface area contributed by atoms with Crippen molar-refractivity contribution in [2.24, 2.45) is 5.73 Å². The predicted octanol–water partition coefficient (Wildman–Crippen LogP) is 3.15. The van der Waals surface area contributed by atoms with E-state index in [0.717, 1.165) is 16.7 Å². The molecule has 0 radical (unpaired) electrons. The fourth-order valence-corrected chi connectivity index (χ4v) is 2.10. The van der Waals surface area contributed by atoms with Crippen LogP contribution in [-0.4, -0.2) is 4.92 Å². The topological polar surface area (TPSA) is 69.2 Å². The van der Waals surface area contributed by atoms with Gasteiger partial charge in [-0.15, -0.1) is 0 Å². The zero-order valence-corrected chi connectivity index (χ0v) is 10.7. The molecule has 1 unspecified atom stereocenters. The molecule has 2 aromatic carbocycles. The summed E-state index contributed by atoms with van der Waals surface area (Å²) in [4.78, 5) is 10.5. The van der Waals surface area contributed by atoms with E-state index in [1.165, 1.54) is 0 Å². The summed E-state index contributed by atoms with van der Waals surface area (Å²) in [6.45, 7) is 1.84. The van der Waals surface area contributed by atoms with Crippen molar-refractivity contribution in [2.45, 2.75) is 19.4 Å². The van der Waals surface area contributed by atoms with Gasteiger partial charge in [0.25, 0.3) is 5.69 Å². The van der Waals surface area contributed by atoms with Crippen molar-refractivity contribution >= 4 is 5.69 Å². The van der Waals surface area contributed by atoms with Crippen molar-refractivity contribution < 1.29 is 4.92 Å². The minimum atomic E-state index is -0.383. The van der Waals surface area contributed by atoms with Gasteiger partial charge in [0.05, 0.1) is 4.92 Å². The molecule has 0 bridgehead atoms. The van der Waals surface area contributed by atoms with E-state index in [-0.39, 0.29) is 16.7 Å². The number of benzene rings is 2. The minimum absolute atomic E-state index is 0.0958. The molecule has 0 aliphatic heterocycles. The van der Waals surface area contributed by atoms with Gasteiger partial charge >= 0.3 is 0 Å². The van der Waals surface area contributed by atoms with Crippen molar-refractivity contribution in [3.05, 3.63) is 75.3 Å². The standard InChI is InChI=1S/C15H16N2O2/c1-11-7-13(10-14(8-11)17(18)19)15(16)9-12-5-3-2-4-6-12/h2-8,10,15H,9,16H2,1H3. The van der Waals surface area contributed by atoms with E-state index in [4.69, 9.17) is 5.73 Å². The summed E-state index contributed by atoms with van der Waals surface area (Å²) in [5.74, 6) is 0. The van der Waals surface area contributed by atoms with Gasteiger partial charge in [-0.2, -0.15) is 0 Å². The average Bonchev–Trinajstić information content (AvgIpc) is 2.39. The average molecular weight is 256 g/mol. The Bertz CT molecular complexity index is 582. The molecule has 0 heterocycles. The number of aryl methyl sites for hydroxylation is 1. The van der Waals surface area contributed by atoms with Gasteiger partial charge in [0.1, 0.15) is 0 Å². The highest BCUT2D eigenvalue weighted by atomic mass is 16.6. The van der Waals surface area contributed by atoms with Gasteiger partial charge in [0, 0.05) is 18.2 Å². The first-order chi connectivity index (χ1) is 9.06. The number of non-ortho nitro benzene ring substituents is 1. The summed E-state index contributed by atoms with van der Waals surface area (Å²) in [5, 5.41) is 10.9. The van der Waals surface area contributed by atoms with Gasteiger partial charge in [0.2, 0.25) is 0 Å². The van der Waals surface area contributed by atoms with Crippen LogP contribution in [0.4, 0.5) is 5.69 Å². The first-order valence-electron chi connectivity index (χ1n) is 6.12. The maximum absolute atomic E-state index is 10.9. The monoisotopic (exact) mass is 256 g/mol. The predicted molar refractivity (Wildman–Crippen MR) is 74.9 cm³/mol. The molecular formula is C15H16N2O2. The molecule has 0 aromatic heterocycles. The van der Waals surface area contributed by atoms with Crippen molar-refractivity contribution in [3.63, 3.8) is 0 Å². The Kier molecular flexibility index (Phi) is 3.92. The molecule has 19 heavy (non-hydrogen) atoms. The summed E-state index contributed by atoms with van der Waals surface area (Å²) in [5.41, 5.74) is 9.02. The third kappa shape index (κ3) is 3.39. The Balaban J connectivity index is 2.24. The molecule has 1 atom stereocenters. The summed E-state index contributed by atoms with van der Waals surface area (Å²) >= 11 is 0. The van der Waals surface area contributed by atoms with Crippen molar-refractivity contribution in [3.8, 4) is 0 Å². The lowest BCUT2D eigenvalue weighted by Crippen LogP contribution is -2.13. The van der Waals surface area contributed by atoms with E-state index >= 15 is 0 Å². The molecule has 0 aliphatic carbocycles. The second-order valence-corrected chi connectivity index (χ2v) is 4.66. The lowest BCUT2D eigenvalue weighted by Gasteiger charge is -2.12. The third-order valence-electron chi connectivity index (χ3n) is 3.02. The van der Waals surface area contributed by atoms with Crippen molar-refractivity contribution in [1.29, 1.82) is 0 Å². The van der Waals surface area contributed by atoms with Crippen LogP contribution in [0, 0.1) is 17.0 Å². The third-order valence-corrected chi connectivity index (χ3v) is 3.02. The number of nitro benzene ring substituents is 1. The molecule has 2 N–H and O–H groups in total. The van der Waals surface area contributed by atoms with E-state index in [1.54, 1.807) is 12.1 Å². The SMILES string of the molecule is Cc1cc(C(N)Cc2ccccc2)cc([N+](=O)[O-])c1. The highest BCUT2D eigenvalue weighted by molar-refractivity contribution is 5.40. The van der Waals surface area contributed by atoms with Crippen LogP contribution in [0.1, 0.15) is 22.7 Å². The zero-order chi connectivity index (χ0) is 13.8. The van der Waals surface area contributed by atoms with E-state index in [0.29, 0.717) is 6.42 Å². The number of hydrogen-bond donors (Lipinski definition) is 1. The number of nitrogens with zero attached hydrogens (tertiary/aromatic N) is 1. The highest BCUT2D eigenvalue weighted by Gasteiger charge is 2.13. The Labute approximate surface area is 112 Å². The summed E-state index contributed by atoms with van der Waals surface area (Å²) < 4.78 is 0. The van der Waals surface area contributed by atoms with Crippen LogP contribution in [0.25, 0.3) is 0 Å². The zero-order valence-electron chi connectivity index (χ0n) is 10.7. The normalized spacial score (nSPS) is 12.1. The molecule has 98 valence electrons. The van der Waals surface area contributed by atoms with E-state index < -0.39 is 0 Å². The molecule has 0 saturated carbocycles. The molecule has 2 rings (SSSR count). The molecule has 0 fully saturated rings. The number of nitro groups is 1. The lowest BCUT2D eigenvalue weighted by molar-refractivity contribution is -0.385. The van der Waals surface area contributed by atoms with Crippen molar-refractivity contribution in [1.82, 2.24) is 0 Å². The van der Waals surface area contributed by atoms with Crippen LogP contribution in [0.2, 0.25) is 0 Å². The second-order valence-electron chi connectivity index (χ2n) is 4.66. The Morgan fingerprint density at radius 1 is 1.21 bits per heavy atom. The molecule has 4 heteroatoms. The number of nitrogens with two attached hydrogens (primary N) is 1. The molecule has 2 aromatic rings. The largest absolute Gasteiger partial charge is 0.324 e. The molecule has 0 spiro atoms. The lowest BCUT2D eigenvalue weighted by atomic mass is 9.98. The highest BCUT2D eigenvalue weighted by Crippen LogP contribution is 2.23. The van der Waals surface area contributed by atoms with E-state index in [1.807, 2.05) is 43.3 Å². The fraction of sp³-hybridized carbons (Fsp3) is 0.200. The second kappa shape index (κ2) is 5.63. The fourth-order valence-electron chi connectivity index (χ4n) is 2.10. The molecule has 4 nitrogen and oxygen atoms in total. The number of hydrogen-bond acceptors (Lipinski definition) is 3. The van der Waals surface area contributed by atoms with E-state index in [2.05, 4.69) is 0 Å². The first-order valence-corrected chi connectivity index (χ1v) is 6.12. The van der Waals surface area contributed by atoms with Crippen LogP contribution in [0.3, 0.4) is 0 Å². The minimum Gasteiger partial charge on any atom is -0.324 e. The maximum Gasteiger partial charge on any atom is 0.270 e. The molecule has 0 aliphatic rings. The molecular weight excluding hydrogens is 240 g/mol. The quantitative estimate of drug-likeness (QED) is 0.674. The smallest absolute Gasteiger partial charge is 0.270 e. The Morgan fingerprint density at radius 3 is 2.53 bits per heavy atom. The van der Waals surface area contributed by atoms with Crippen LogP contribution in [0.5, 0.6) is 0 Å². The van der Waals surface area contributed by atoms with E-state index in [9.17, 15) is 10.1 Å². The van der Waals surface area contributed by atoms with Crippen LogP contribution in [-0.2, 0) is 6.42 Å². The summed E-state index contributed by atoms with van der Waals surface area (Å²) in [7, 11) is 0. The van der Waals surface area contributed by atoms with Crippen LogP contribution in [0.15, 0.2) is 48.5 Å². The van der Waals surface area contributed by atoms with Gasteiger partial charge in [-0.25, -0.2) is 0 Å². The first kappa shape index (κ1) is 13.2. The Morgan fingerprint density at radius 2 is 1.89 bits per heavy atom. The molecule has 0 saturated heterocycles. The Hall–Kier alpha value is -2.20. The van der Waals surface area contributed by atoms with Gasteiger partial charge in [0.15, 0.2) is 0 Å². The number of rotatable bonds is 4. The van der Waals surface area contributed by atoms with Crippen LogP contribution >= 0.6 is 0 Å². The molecule has 0 amide bonds. The summed E-state index contributed by atoms with van der Waals surface area (Å²) in [6, 6.07) is 14.7. The van der Waals surface area contributed by atoms with Gasteiger partial charge in [-0.05, 0) is 30.0 Å².